The SMILES string of the molecule is C[C@@H](CO)N(C(=O)OC(C)(C)C)C1CCC(O[Si](C)(C)C(C)(C)C)CC1. The van der Waals surface area contributed by atoms with Gasteiger partial charge in [-0.1, -0.05) is 20.8 Å². The second-order valence-corrected chi connectivity index (χ2v) is 15.0. The molecule has 0 aliphatic heterocycles. The third-order valence-electron chi connectivity index (χ3n) is 5.65. The summed E-state index contributed by atoms with van der Waals surface area (Å²) >= 11 is 0. The molecule has 0 spiro atoms. The van der Waals surface area contributed by atoms with Gasteiger partial charge in [-0.2, -0.15) is 0 Å². The second kappa shape index (κ2) is 8.61. The predicted molar refractivity (Wildman–Crippen MR) is 109 cm³/mol. The van der Waals surface area contributed by atoms with Gasteiger partial charge >= 0.3 is 6.09 Å². The minimum absolute atomic E-state index is 0.0559. The molecule has 0 bridgehead atoms. The van der Waals surface area contributed by atoms with Crippen LogP contribution in [0, 0.1) is 0 Å². The predicted octanol–water partition coefficient (Wildman–Crippen LogP) is 4.94. The summed E-state index contributed by atoms with van der Waals surface area (Å²) in [6.07, 6.45) is 3.64. The number of carbonyl (C=O) groups is 1. The summed E-state index contributed by atoms with van der Waals surface area (Å²) in [7, 11) is -1.77. The zero-order valence-corrected chi connectivity index (χ0v) is 19.4. The second-order valence-electron chi connectivity index (χ2n) is 10.2. The Balaban J connectivity index is 2.74. The van der Waals surface area contributed by atoms with E-state index in [-0.39, 0.29) is 35.9 Å². The molecule has 0 aromatic carbocycles. The molecule has 154 valence electrons. The van der Waals surface area contributed by atoms with E-state index in [2.05, 4.69) is 33.9 Å². The zero-order chi connectivity index (χ0) is 20.3. The van der Waals surface area contributed by atoms with Crippen molar-refractivity contribution in [3.05, 3.63) is 0 Å². The van der Waals surface area contributed by atoms with E-state index in [4.69, 9.17) is 9.16 Å². The molecule has 0 saturated heterocycles. The van der Waals surface area contributed by atoms with Crippen molar-refractivity contribution in [2.24, 2.45) is 0 Å². The number of rotatable bonds is 5. The lowest BCUT2D eigenvalue weighted by Crippen LogP contribution is -2.52. The van der Waals surface area contributed by atoms with Crippen molar-refractivity contribution in [1.82, 2.24) is 4.90 Å². The molecule has 26 heavy (non-hydrogen) atoms. The summed E-state index contributed by atoms with van der Waals surface area (Å²) in [4.78, 5) is 14.4. The highest BCUT2D eigenvalue weighted by Crippen LogP contribution is 2.39. The first-order valence-electron chi connectivity index (χ1n) is 9.98. The smallest absolute Gasteiger partial charge is 0.410 e. The Hall–Kier alpha value is -0.593. The van der Waals surface area contributed by atoms with E-state index in [0.717, 1.165) is 25.7 Å². The van der Waals surface area contributed by atoms with Crippen molar-refractivity contribution in [3.63, 3.8) is 0 Å². The van der Waals surface area contributed by atoms with Crippen LogP contribution < -0.4 is 0 Å². The standard InChI is InChI=1S/C20H41NO4Si/c1-15(14-22)21(18(23)24-19(2,3)4)16-10-12-17(13-11-16)25-26(8,9)20(5,6)7/h15-17,22H,10-14H2,1-9H3/t15-,16?,17?/m0/s1. The molecular formula is C20H41NO4Si. The highest BCUT2D eigenvalue weighted by Gasteiger charge is 2.41. The Morgan fingerprint density at radius 1 is 1.12 bits per heavy atom. The van der Waals surface area contributed by atoms with Gasteiger partial charge in [0.15, 0.2) is 8.32 Å². The molecule has 1 fully saturated rings. The fraction of sp³-hybridized carbons (Fsp3) is 0.950. The number of aliphatic hydroxyl groups is 1. The maximum atomic E-state index is 12.7. The molecule has 1 N–H and O–H groups in total. The Bertz CT molecular complexity index is 459. The molecule has 5 nitrogen and oxygen atoms in total. The number of aliphatic hydroxyl groups excluding tert-OH is 1. The molecule has 0 unspecified atom stereocenters. The van der Waals surface area contributed by atoms with Gasteiger partial charge in [0, 0.05) is 12.1 Å². The van der Waals surface area contributed by atoms with Crippen LogP contribution in [0.4, 0.5) is 4.79 Å². The third kappa shape index (κ3) is 6.53. The van der Waals surface area contributed by atoms with Gasteiger partial charge in [-0.3, -0.25) is 0 Å². The Labute approximate surface area is 161 Å². The van der Waals surface area contributed by atoms with Gasteiger partial charge in [-0.05, 0) is 71.5 Å². The van der Waals surface area contributed by atoms with E-state index in [1.54, 1.807) is 4.90 Å². The van der Waals surface area contributed by atoms with Crippen LogP contribution in [0.3, 0.4) is 0 Å². The van der Waals surface area contributed by atoms with Crippen molar-refractivity contribution < 1.29 is 19.1 Å². The van der Waals surface area contributed by atoms with E-state index in [0.29, 0.717) is 0 Å². The van der Waals surface area contributed by atoms with Gasteiger partial charge in [0.05, 0.1) is 12.6 Å². The maximum absolute atomic E-state index is 12.7. The van der Waals surface area contributed by atoms with Gasteiger partial charge in [0.25, 0.3) is 0 Å². The van der Waals surface area contributed by atoms with Gasteiger partial charge in [0.1, 0.15) is 5.60 Å². The van der Waals surface area contributed by atoms with Crippen molar-refractivity contribution in [3.8, 4) is 0 Å². The maximum Gasteiger partial charge on any atom is 0.410 e. The van der Waals surface area contributed by atoms with Crippen LogP contribution in [0.15, 0.2) is 0 Å². The fourth-order valence-corrected chi connectivity index (χ4v) is 4.55. The summed E-state index contributed by atoms with van der Waals surface area (Å²) in [6, 6.07) is -0.140. The third-order valence-corrected chi connectivity index (χ3v) is 10.2. The summed E-state index contributed by atoms with van der Waals surface area (Å²) in [5.74, 6) is 0. The highest BCUT2D eigenvalue weighted by atomic mass is 28.4. The van der Waals surface area contributed by atoms with Crippen molar-refractivity contribution in [1.29, 1.82) is 0 Å². The Morgan fingerprint density at radius 2 is 1.62 bits per heavy atom. The Morgan fingerprint density at radius 3 is 2.00 bits per heavy atom. The molecule has 1 saturated carbocycles. The van der Waals surface area contributed by atoms with E-state index in [1.165, 1.54) is 0 Å². The number of hydrogen-bond donors (Lipinski definition) is 1. The molecule has 0 heterocycles. The highest BCUT2D eigenvalue weighted by molar-refractivity contribution is 6.74. The molecule has 6 heteroatoms. The van der Waals surface area contributed by atoms with Crippen LogP contribution >= 0.6 is 0 Å². The molecule has 1 amide bonds. The van der Waals surface area contributed by atoms with Crippen molar-refractivity contribution in [2.45, 2.75) is 116 Å². The van der Waals surface area contributed by atoms with Crippen LogP contribution in [0.2, 0.25) is 18.1 Å². The molecule has 1 atom stereocenters. The topological polar surface area (TPSA) is 59.0 Å². The average molecular weight is 388 g/mol. The summed E-state index contributed by atoms with van der Waals surface area (Å²) in [5.41, 5.74) is -0.535. The molecule has 1 rings (SSSR count). The lowest BCUT2D eigenvalue weighted by molar-refractivity contribution is -0.0116. The quantitative estimate of drug-likeness (QED) is 0.679. The summed E-state index contributed by atoms with van der Waals surface area (Å²) in [5, 5.41) is 9.81. The van der Waals surface area contributed by atoms with E-state index in [9.17, 15) is 9.90 Å². The first kappa shape index (κ1) is 23.4. The van der Waals surface area contributed by atoms with E-state index < -0.39 is 13.9 Å². The van der Waals surface area contributed by atoms with Gasteiger partial charge in [-0.25, -0.2) is 4.79 Å². The molecule has 1 aliphatic rings. The molecule has 0 aromatic heterocycles. The summed E-state index contributed by atoms with van der Waals surface area (Å²) < 4.78 is 12.1. The number of ether oxygens (including phenoxy) is 1. The van der Waals surface area contributed by atoms with Crippen LogP contribution in [0.25, 0.3) is 0 Å². The van der Waals surface area contributed by atoms with E-state index in [1.807, 2.05) is 27.7 Å². The molecule has 1 aliphatic carbocycles. The fourth-order valence-electron chi connectivity index (χ4n) is 3.13. The van der Waals surface area contributed by atoms with Gasteiger partial charge < -0.3 is 19.2 Å². The number of carbonyl (C=O) groups excluding carboxylic acids is 1. The van der Waals surface area contributed by atoms with Crippen LogP contribution in [0.5, 0.6) is 0 Å². The van der Waals surface area contributed by atoms with Gasteiger partial charge in [-0.15, -0.1) is 0 Å². The van der Waals surface area contributed by atoms with Crippen molar-refractivity contribution in [2.75, 3.05) is 6.61 Å². The average Bonchev–Trinajstić information content (AvgIpc) is 2.45. The van der Waals surface area contributed by atoms with Gasteiger partial charge in [0.2, 0.25) is 0 Å². The Kier molecular flexibility index (Phi) is 7.77. The molecular weight excluding hydrogens is 346 g/mol. The first-order valence-corrected chi connectivity index (χ1v) is 12.9. The minimum Gasteiger partial charge on any atom is -0.444 e. The molecule has 0 radical (unpaired) electrons. The van der Waals surface area contributed by atoms with Crippen LogP contribution in [-0.2, 0) is 9.16 Å². The van der Waals surface area contributed by atoms with Crippen molar-refractivity contribution >= 4 is 14.4 Å². The molecule has 0 aromatic rings. The number of nitrogens with zero attached hydrogens (tertiary/aromatic N) is 1. The lowest BCUT2D eigenvalue weighted by Gasteiger charge is -2.44. The minimum atomic E-state index is -1.77. The zero-order valence-electron chi connectivity index (χ0n) is 18.4. The number of amides is 1. The number of hydrogen-bond acceptors (Lipinski definition) is 4. The first-order chi connectivity index (χ1) is 11.7. The largest absolute Gasteiger partial charge is 0.444 e. The van der Waals surface area contributed by atoms with E-state index >= 15 is 0 Å². The lowest BCUT2D eigenvalue weighted by atomic mass is 9.91. The monoisotopic (exact) mass is 387 g/mol. The summed E-state index contributed by atoms with van der Waals surface area (Å²) in [6.45, 7) is 18.8. The van der Waals surface area contributed by atoms with Crippen LogP contribution in [-0.4, -0.2) is 54.8 Å². The normalized spacial score (nSPS) is 23.5. The van der Waals surface area contributed by atoms with Crippen LogP contribution in [0.1, 0.15) is 74.1 Å².